The molecule has 1 aliphatic rings. The molecule has 2 rings (SSSR count). The monoisotopic (exact) mass is 246 g/mol. The lowest BCUT2D eigenvalue weighted by molar-refractivity contribution is 0.154. The van der Waals surface area contributed by atoms with Gasteiger partial charge in [0.15, 0.2) is 0 Å². The van der Waals surface area contributed by atoms with Crippen LogP contribution in [0, 0.1) is 5.92 Å². The molecular weight excluding hydrogens is 232 g/mol. The van der Waals surface area contributed by atoms with Gasteiger partial charge in [0, 0.05) is 30.5 Å². The number of nitrogens with zero attached hydrogens (tertiary/aromatic N) is 4. The zero-order valence-electron chi connectivity index (χ0n) is 9.81. The van der Waals surface area contributed by atoms with Crippen molar-refractivity contribution < 1.29 is 9.90 Å². The van der Waals surface area contributed by atoms with Crippen molar-refractivity contribution in [3.05, 3.63) is 46.3 Å². The maximum atomic E-state index is 11.0. The summed E-state index contributed by atoms with van der Waals surface area (Å²) in [5.74, 6) is 0.159. The number of hydrogen-bond acceptors (Lipinski definition) is 2. The Morgan fingerprint density at radius 2 is 2.17 bits per heavy atom. The summed E-state index contributed by atoms with van der Waals surface area (Å²) >= 11 is 0. The quantitative estimate of drug-likeness (QED) is 0.504. The lowest BCUT2D eigenvalue weighted by Gasteiger charge is -2.15. The first-order chi connectivity index (χ1) is 8.72. The fraction of sp³-hybridized carbons (Fsp3) is 0.417. The molecule has 1 fully saturated rings. The molecule has 0 unspecified atom stereocenters. The molecule has 0 bridgehead atoms. The Morgan fingerprint density at radius 3 is 2.78 bits per heavy atom. The minimum absolute atomic E-state index is 0.0550. The number of carbonyl (C=O) groups is 1. The average molecular weight is 246 g/mol. The van der Waals surface area contributed by atoms with E-state index >= 15 is 0 Å². The van der Waals surface area contributed by atoms with Crippen molar-refractivity contribution in [3.63, 3.8) is 0 Å². The van der Waals surface area contributed by atoms with Gasteiger partial charge < -0.3 is 10.0 Å². The van der Waals surface area contributed by atoms with Crippen LogP contribution < -0.4 is 0 Å². The highest BCUT2D eigenvalue weighted by Gasteiger charge is 2.35. The predicted octanol–water partition coefficient (Wildman–Crippen LogP) is 2.69. The van der Waals surface area contributed by atoms with Crippen molar-refractivity contribution in [2.45, 2.75) is 5.92 Å². The highest BCUT2D eigenvalue weighted by Crippen LogP contribution is 2.32. The van der Waals surface area contributed by atoms with Crippen molar-refractivity contribution in [2.24, 2.45) is 11.0 Å². The van der Waals surface area contributed by atoms with E-state index < -0.39 is 6.09 Å². The van der Waals surface area contributed by atoms with Gasteiger partial charge in [-0.15, -0.1) is 0 Å². The number of azide groups is 1. The fourth-order valence-corrected chi connectivity index (χ4v) is 2.43. The van der Waals surface area contributed by atoms with E-state index in [-0.39, 0.29) is 11.8 Å². The Labute approximate surface area is 104 Å². The second-order valence-corrected chi connectivity index (χ2v) is 4.38. The van der Waals surface area contributed by atoms with Crippen molar-refractivity contribution in [3.8, 4) is 0 Å². The highest BCUT2D eigenvalue weighted by molar-refractivity contribution is 5.65. The van der Waals surface area contributed by atoms with Gasteiger partial charge in [0.2, 0.25) is 0 Å². The predicted molar refractivity (Wildman–Crippen MR) is 66.3 cm³/mol. The molecule has 0 spiro atoms. The van der Waals surface area contributed by atoms with Gasteiger partial charge in [-0.3, -0.25) is 0 Å². The number of hydrogen-bond donors (Lipinski definition) is 1. The summed E-state index contributed by atoms with van der Waals surface area (Å²) in [5.41, 5.74) is 9.48. The van der Waals surface area contributed by atoms with E-state index in [1.807, 2.05) is 30.3 Å². The first-order valence-corrected chi connectivity index (χ1v) is 5.76. The Bertz CT molecular complexity index is 470. The van der Waals surface area contributed by atoms with Crippen LogP contribution >= 0.6 is 0 Å². The van der Waals surface area contributed by atoms with Crippen LogP contribution in [0.3, 0.4) is 0 Å². The maximum absolute atomic E-state index is 11.0. The number of amides is 1. The Hall–Kier alpha value is -2.20. The smallest absolute Gasteiger partial charge is 0.407 e. The summed E-state index contributed by atoms with van der Waals surface area (Å²) in [7, 11) is 0. The lowest BCUT2D eigenvalue weighted by Crippen LogP contribution is -2.27. The molecule has 6 heteroatoms. The molecular formula is C12H14N4O2. The summed E-state index contributed by atoms with van der Waals surface area (Å²) in [6.45, 7) is 1.22. The number of carboxylic acid groups (broad SMARTS) is 1. The standard InChI is InChI=1S/C12H14N4O2/c13-15-14-6-10-7-16(12(17)18)8-11(10)9-4-2-1-3-5-9/h1-5,10-11H,6-8H2,(H,17,18)/t10-,11+/m0/s1. The van der Waals surface area contributed by atoms with Gasteiger partial charge in [0.1, 0.15) is 0 Å². The Morgan fingerprint density at radius 1 is 1.44 bits per heavy atom. The molecule has 1 aromatic carbocycles. The van der Waals surface area contributed by atoms with Crippen LogP contribution in [-0.4, -0.2) is 35.7 Å². The molecule has 94 valence electrons. The summed E-state index contributed by atoms with van der Waals surface area (Å²) in [4.78, 5) is 15.2. The van der Waals surface area contributed by atoms with Crippen LogP contribution in [0.4, 0.5) is 4.79 Å². The fourth-order valence-electron chi connectivity index (χ4n) is 2.43. The van der Waals surface area contributed by atoms with Crippen LogP contribution in [0.15, 0.2) is 35.4 Å². The zero-order valence-corrected chi connectivity index (χ0v) is 9.81. The van der Waals surface area contributed by atoms with Crippen LogP contribution in [0.1, 0.15) is 11.5 Å². The van der Waals surface area contributed by atoms with Crippen LogP contribution in [0.5, 0.6) is 0 Å². The molecule has 18 heavy (non-hydrogen) atoms. The molecule has 0 radical (unpaired) electrons. The van der Waals surface area contributed by atoms with Gasteiger partial charge in [-0.05, 0) is 17.0 Å². The van der Waals surface area contributed by atoms with Crippen LogP contribution in [0.2, 0.25) is 0 Å². The zero-order chi connectivity index (χ0) is 13.0. The third-order valence-corrected chi connectivity index (χ3v) is 3.32. The van der Waals surface area contributed by atoms with E-state index in [4.69, 9.17) is 10.6 Å². The van der Waals surface area contributed by atoms with E-state index in [0.29, 0.717) is 19.6 Å². The van der Waals surface area contributed by atoms with E-state index in [1.54, 1.807) is 0 Å². The third kappa shape index (κ3) is 2.55. The van der Waals surface area contributed by atoms with Gasteiger partial charge in [0.25, 0.3) is 0 Å². The summed E-state index contributed by atoms with van der Waals surface area (Å²) in [6.07, 6.45) is -0.917. The van der Waals surface area contributed by atoms with Gasteiger partial charge in [-0.2, -0.15) is 0 Å². The Balaban J connectivity index is 2.19. The van der Waals surface area contributed by atoms with Gasteiger partial charge >= 0.3 is 6.09 Å². The molecule has 6 nitrogen and oxygen atoms in total. The largest absolute Gasteiger partial charge is 0.465 e. The van der Waals surface area contributed by atoms with Crippen molar-refractivity contribution in [1.82, 2.24) is 4.90 Å². The molecule has 0 saturated carbocycles. The Kier molecular flexibility index (Phi) is 3.69. The second kappa shape index (κ2) is 5.42. The molecule has 0 aliphatic carbocycles. The first kappa shape index (κ1) is 12.3. The van der Waals surface area contributed by atoms with Gasteiger partial charge in [-0.25, -0.2) is 4.79 Å². The van der Waals surface area contributed by atoms with Crippen molar-refractivity contribution >= 4 is 6.09 Å². The normalized spacial score (nSPS) is 22.6. The molecule has 1 aliphatic heterocycles. The van der Waals surface area contributed by atoms with E-state index in [0.717, 1.165) is 5.56 Å². The number of rotatable bonds is 3. The van der Waals surface area contributed by atoms with E-state index in [2.05, 4.69) is 10.0 Å². The second-order valence-electron chi connectivity index (χ2n) is 4.38. The summed E-state index contributed by atoms with van der Waals surface area (Å²) in [6, 6.07) is 9.76. The molecule has 1 saturated heterocycles. The molecule has 1 heterocycles. The van der Waals surface area contributed by atoms with Gasteiger partial charge in [0.05, 0.1) is 0 Å². The molecule has 1 aromatic rings. The average Bonchev–Trinajstić information content (AvgIpc) is 2.81. The SMILES string of the molecule is [N-]=[N+]=NC[C@H]1CN(C(=O)O)C[C@@H]1c1ccccc1. The van der Waals surface area contributed by atoms with Crippen molar-refractivity contribution in [1.29, 1.82) is 0 Å². The topological polar surface area (TPSA) is 89.3 Å². The van der Waals surface area contributed by atoms with Crippen molar-refractivity contribution in [2.75, 3.05) is 19.6 Å². The van der Waals surface area contributed by atoms with E-state index in [9.17, 15) is 4.79 Å². The maximum Gasteiger partial charge on any atom is 0.407 e. The lowest BCUT2D eigenvalue weighted by atomic mass is 9.89. The molecule has 1 amide bonds. The first-order valence-electron chi connectivity index (χ1n) is 5.76. The molecule has 1 N–H and O–H groups in total. The third-order valence-electron chi connectivity index (χ3n) is 3.32. The van der Waals surface area contributed by atoms with Crippen LogP contribution in [-0.2, 0) is 0 Å². The number of benzene rings is 1. The minimum atomic E-state index is -0.917. The van der Waals surface area contributed by atoms with E-state index in [1.165, 1.54) is 4.90 Å². The highest BCUT2D eigenvalue weighted by atomic mass is 16.4. The minimum Gasteiger partial charge on any atom is -0.465 e. The van der Waals surface area contributed by atoms with Crippen LogP contribution in [0.25, 0.3) is 10.4 Å². The molecule has 0 aromatic heterocycles. The summed E-state index contributed by atoms with van der Waals surface area (Å²) < 4.78 is 0. The molecule has 2 atom stereocenters. The van der Waals surface area contributed by atoms with Gasteiger partial charge in [-0.1, -0.05) is 35.4 Å². The number of likely N-dealkylation sites (tertiary alicyclic amines) is 1. The summed E-state index contributed by atoms with van der Waals surface area (Å²) in [5, 5.41) is 12.6.